The molecule has 6 heteroatoms. The lowest BCUT2D eigenvalue weighted by Gasteiger charge is -2.08. The number of rotatable bonds is 11. The number of ether oxygens (including phenoxy) is 2. The minimum Gasteiger partial charge on any atom is -0.448 e. The first-order valence-corrected chi connectivity index (χ1v) is 9.48. The van der Waals surface area contributed by atoms with Gasteiger partial charge in [-0.05, 0) is 32.6 Å². The van der Waals surface area contributed by atoms with Crippen molar-refractivity contribution in [1.29, 1.82) is 0 Å². The zero-order chi connectivity index (χ0) is 20.4. The molecule has 0 aliphatic heterocycles. The molecule has 152 valence electrons. The van der Waals surface area contributed by atoms with Crippen molar-refractivity contribution in [3.63, 3.8) is 0 Å². The SMILES string of the molecule is C/C=C/[C@H](C)/C=C(/C)C/C=C/CCc1nc(-c2nc(C(OC)OC)co2)co1. The Morgan fingerprint density at radius 3 is 2.64 bits per heavy atom. The molecule has 0 bridgehead atoms. The monoisotopic (exact) mass is 386 g/mol. The molecule has 6 nitrogen and oxygen atoms in total. The summed E-state index contributed by atoms with van der Waals surface area (Å²) < 4.78 is 21.3. The Hall–Kier alpha value is -2.44. The minimum absolute atomic E-state index is 0.385. The maximum Gasteiger partial charge on any atom is 0.248 e. The molecule has 0 amide bonds. The summed E-state index contributed by atoms with van der Waals surface area (Å²) in [6.45, 7) is 6.40. The molecule has 2 aromatic heterocycles. The molecule has 0 saturated heterocycles. The zero-order valence-electron chi connectivity index (χ0n) is 17.3. The fourth-order valence-electron chi connectivity index (χ4n) is 2.84. The molecular formula is C22H30N2O4. The van der Waals surface area contributed by atoms with Crippen LogP contribution in [0.4, 0.5) is 0 Å². The number of nitrogens with zero attached hydrogens (tertiary/aromatic N) is 2. The molecule has 2 aromatic rings. The van der Waals surface area contributed by atoms with E-state index in [1.54, 1.807) is 20.5 Å². The summed E-state index contributed by atoms with van der Waals surface area (Å²) in [6, 6.07) is 0. The van der Waals surface area contributed by atoms with Gasteiger partial charge in [0.1, 0.15) is 18.2 Å². The Balaban J connectivity index is 1.83. The second-order valence-corrected chi connectivity index (χ2v) is 6.62. The summed E-state index contributed by atoms with van der Waals surface area (Å²) in [4.78, 5) is 8.78. The van der Waals surface area contributed by atoms with E-state index in [1.165, 1.54) is 11.8 Å². The summed E-state index contributed by atoms with van der Waals surface area (Å²) in [5.74, 6) is 1.52. The van der Waals surface area contributed by atoms with E-state index in [4.69, 9.17) is 18.3 Å². The van der Waals surface area contributed by atoms with Gasteiger partial charge in [0.15, 0.2) is 11.6 Å². The van der Waals surface area contributed by atoms with Gasteiger partial charge in [-0.2, -0.15) is 0 Å². The number of aromatic nitrogens is 2. The van der Waals surface area contributed by atoms with Crippen molar-refractivity contribution in [3.05, 3.63) is 60.1 Å². The number of methoxy groups -OCH3 is 2. The van der Waals surface area contributed by atoms with E-state index < -0.39 is 6.29 Å². The molecule has 0 aliphatic carbocycles. The summed E-state index contributed by atoms with van der Waals surface area (Å²) in [5, 5.41) is 0. The van der Waals surface area contributed by atoms with Gasteiger partial charge in [0, 0.05) is 20.6 Å². The average molecular weight is 386 g/mol. The van der Waals surface area contributed by atoms with Crippen molar-refractivity contribution >= 4 is 0 Å². The van der Waals surface area contributed by atoms with Crippen molar-refractivity contribution in [2.45, 2.75) is 46.3 Å². The topological polar surface area (TPSA) is 70.5 Å². The molecule has 28 heavy (non-hydrogen) atoms. The highest BCUT2D eigenvalue weighted by molar-refractivity contribution is 5.44. The van der Waals surface area contributed by atoms with Crippen molar-refractivity contribution in [2.75, 3.05) is 14.2 Å². The quantitative estimate of drug-likeness (QED) is 0.367. The summed E-state index contributed by atoms with van der Waals surface area (Å²) >= 11 is 0. The van der Waals surface area contributed by atoms with E-state index in [9.17, 15) is 0 Å². The van der Waals surface area contributed by atoms with Crippen molar-refractivity contribution in [2.24, 2.45) is 5.92 Å². The zero-order valence-corrected chi connectivity index (χ0v) is 17.3. The Kier molecular flexibility index (Phi) is 8.91. The van der Waals surface area contributed by atoms with Crippen LogP contribution in [0.1, 0.15) is 51.5 Å². The van der Waals surface area contributed by atoms with Crippen molar-refractivity contribution in [1.82, 2.24) is 9.97 Å². The van der Waals surface area contributed by atoms with Crippen molar-refractivity contribution in [3.8, 4) is 11.6 Å². The van der Waals surface area contributed by atoms with Crippen LogP contribution < -0.4 is 0 Å². The molecular weight excluding hydrogens is 356 g/mol. The van der Waals surface area contributed by atoms with E-state index in [0.29, 0.717) is 29.1 Å². The first kappa shape index (κ1) is 21.9. The predicted octanol–water partition coefficient (Wildman–Crippen LogP) is 5.66. The number of oxazole rings is 2. The van der Waals surface area contributed by atoms with E-state index in [-0.39, 0.29) is 0 Å². The number of allylic oxidation sites excluding steroid dienone is 6. The van der Waals surface area contributed by atoms with Gasteiger partial charge in [-0.3, -0.25) is 0 Å². The highest BCUT2D eigenvalue weighted by Gasteiger charge is 2.17. The van der Waals surface area contributed by atoms with Gasteiger partial charge in [-0.1, -0.05) is 42.9 Å². The Labute approximate surface area is 167 Å². The second kappa shape index (κ2) is 11.4. The summed E-state index contributed by atoms with van der Waals surface area (Å²) in [6.07, 6.45) is 15.9. The predicted molar refractivity (Wildman–Crippen MR) is 109 cm³/mol. The standard InChI is InChI=1S/C22H30N2O4/c1-6-10-16(2)13-17(3)11-8-7-9-12-20-23-18(14-27-20)21-24-19(15-28-21)22(25-4)26-5/h6-8,10,13-16,22H,9,11-12H2,1-5H3/b8-7+,10-6+,17-13-/t16-/m0/s1. The smallest absolute Gasteiger partial charge is 0.248 e. The van der Waals surface area contributed by atoms with Crippen LogP contribution in [0.5, 0.6) is 0 Å². The second-order valence-electron chi connectivity index (χ2n) is 6.62. The van der Waals surface area contributed by atoms with Crippen molar-refractivity contribution < 1.29 is 18.3 Å². The normalized spacial score (nSPS) is 14.0. The fourth-order valence-corrected chi connectivity index (χ4v) is 2.84. The molecule has 0 saturated carbocycles. The number of hydrogen-bond acceptors (Lipinski definition) is 6. The third-order valence-electron chi connectivity index (χ3n) is 4.14. The van der Waals surface area contributed by atoms with Crippen LogP contribution in [-0.2, 0) is 15.9 Å². The highest BCUT2D eigenvalue weighted by atomic mass is 16.7. The van der Waals surface area contributed by atoms with E-state index in [0.717, 1.165) is 19.3 Å². The van der Waals surface area contributed by atoms with E-state index in [1.807, 2.05) is 6.92 Å². The van der Waals surface area contributed by atoms with Gasteiger partial charge in [0.2, 0.25) is 12.2 Å². The van der Waals surface area contributed by atoms with Crippen LogP contribution in [0, 0.1) is 5.92 Å². The third-order valence-corrected chi connectivity index (χ3v) is 4.14. The molecule has 0 N–H and O–H groups in total. The highest BCUT2D eigenvalue weighted by Crippen LogP contribution is 2.23. The van der Waals surface area contributed by atoms with E-state index >= 15 is 0 Å². The molecule has 0 radical (unpaired) electrons. The van der Waals surface area contributed by atoms with Crippen LogP contribution in [0.25, 0.3) is 11.6 Å². The molecule has 2 rings (SSSR count). The Morgan fingerprint density at radius 1 is 1.14 bits per heavy atom. The first-order valence-electron chi connectivity index (χ1n) is 9.48. The minimum atomic E-state index is -0.563. The lowest BCUT2D eigenvalue weighted by Crippen LogP contribution is -2.03. The first-order chi connectivity index (χ1) is 13.6. The Bertz CT molecular complexity index is 797. The average Bonchev–Trinajstić information content (AvgIpc) is 3.32. The van der Waals surface area contributed by atoms with Gasteiger partial charge in [0.05, 0.1) is 0 Å². The van der Waals surface area contributed by atoms with Crippen LogP contribution in [0.2, 0.25) is 0 Å². The summed E-state index contributed by atoms with van der Waals surface area (Å²) in [5.41, 5.74) is 2.48. The van der Waals surface area contributed by atoms with Crippen LogP contribution >= 0.6 is 0 Å². The van der Waals surface area contributed by atoms with Crippen LogP contribution in [-0.4, -0.2) is 24.2 Å². The fraction of sp³-hybridized carbons (Fsp3) is 0.455. The van der Waals surface area contributed by atoms with Gasteiger partial charge < -0.3 is 18.3 Å². The van der Waals surface area contributed by atoms with Gasteiger partial charge in [-0.25, -0.2) is 9.97 Å². The Morgan fingerprint density at radius 2 is 1.93 bits per heavy atom. The van der Waals surface area contributed by atoms with Gasteiger partial charge >= 0.3 is 0 Å². The molecule has 2 heterocycles. The van der Waals surface area contributed by atoms with Gasteiger partial charge in [0.25, 0.3) is 0 Å². The van der Waals surface area contributed by atoms with E-state index in [2.05, 4.69) is 54.2 Å². The molecule has 0 aliphatic rings. The molecule has 0 unspecified atom stereocenters. The third kappa shape index (κ3) is 6.62. The maximum atomic E-state index is 5.52. The van der Waals surface area contributed by atoms with Gasteiger partial charge in [-0.15, -0.1) is 0 Å². The number of hydrogen-bond donors (Lipinski definition) is 0. The molecule has 0 fully saturated rings. The van der Waals surface area contributed by atoms with Crippen LogP contribution in [0.3, 0.4) is 0 Å². The molecule has 1 atom stereocenters. The maximum absolute atomic E-state index is 5.52. The summed E-state index contributed by atoms with van der Waals surface area (Å²) in [7, 11) is 3.09. The largest absolute Gasteiger partial charge is 0.448 e. The molecule has 0 spiro atoms. The number of aryl methyl sites for hydroxylation is 1. The molecule has 0 aromatic carbocycles. The lowest BCUT2D eigenvalue weighted by atomic mass is 10.1. The lowest BCUT2D eigenvalue weighted by molar-refractivity contribution is -0.108. The van der Waals surface area contributed by atoms with Crippen LogP contribution in [0.15, 0.2) is 57.3 Å².